The third-order valence-electron chi connectivity index (χ3n) is 2.86. The van der Waals surface area contributed by atoms with Crippen molar-refractivity contribution in [2.24, 2.45) is 0 Å². The molecule has 2 nitrogen and oxygen atoms in total. The van der Waals surface area contributed by atoms with E-state index in [0.29, 0.717) is 5.69 Å². The summed E-state index contributed by atoms with van der Waals surface area (Å²) >= 11 is 0. The lowest BCUT2D eigenvalue weighted by Gasteiger charge is -2.29. The monoisotopic (exact) mass is 199 g/mol. The van der Waals surface area contributed by atoms with Crippen LogP contribution in [0.5, 0.6) is 0 Å². The van der Waals surface area contributed by atoms with Crippen molar-refractivity contribution in [1.29, 1.82) is 0 Å². The predicted molar refractivity (Wildman–Crippen MR) is 48.7 cm³/mol. The van der Waals surface area contributed by atoms with Gasteiger partial charge in [-0.25, -0.2) is 8.78 Å². The molecule has 1 aromatic heterocycles. The van der Waals surface area contributed by atoms with Gasteiger partial charge in [0.25, 0.3) is 5.92 Å². The van der Waals surface area contributed by atoms with E-state index in [0.717, 1.165) is 0 Å². The van der Waals surface area contributed by atoms with Crippen LogP contribution in [0.2, 0.25) is 0 Å². The number of aryl methyl sites for hydroxylation is 1. The zero-order chi connectivity index (χ0) is 10.3. The molecule has 1 heterocycles. The number of hydrogen-bond donors (Lipinski definition) is 1. The molecule has 1 N–H and O–H groups in total. The molecule has 1 atom stereocenters. The lowest BCUT2D eigenvalue weighted by molar-refractivity contribution is -0.0369. The van der Waals surface area contributed by atoms with Crippen molar-refractivity contribution in [3.05, 3.63) is 33.7 Å². The first-order valence-electron chi connectivity index (χ1n) is 4.60. The highest BCUT2D eigenvalue weighted by Gasteiger charge is 2.42. The lowest BCUT2D eigenvalue weighted by atomic mass is 9.83. The van der Waals surface area contributed by atoms with E-state index in [9.17, 15) is 13.6 Å². The normalized spacial score (nSPS) is 24.4. The summed E-state index contributed by atoms with van der Waals surface area (Å²) in [6, 6.07) is 1.30. The molecular weight excluding hydrogens is 188 g/mol. The fraction of sp³-hybridized carbons (Fsp3) is 0.500. The van der Waals surface area contributed by atoms with Crippen molar-refractivity contribution in [2.75, 3.05) is 0 Å². The third kappa shape index (κ3) is 1.25. The van der Waals surface area contributed by atoms with Gasteiger partial charge in [-0.05, 0) is 6.42 Å². The molecule has 0 radical (unpaired) electrons. The molecule has 0 fully saturated rings. The maximum Gasteiger partial charge on any atom is 0.255 e. The molecule has 14 heavy (non-hydrogen) atoms. The van der Waals surface area contributed by atoms with Crippen LogP contribution in [0.25, 0.3) is 0 Å². The first-order valence-corrected chi connectivity index (χ1v) is 4.60. The number of rotatable bonds is 0. The molecule has 0 saturated heterocycles. The average molecular weight is 199 g/mol. The Kier molecular flexibility index (Phi) is 1.94. The van der Waals surface area contributed by atoms with Gasteiger partial charge in [0.05, 0.1) is 5.92 Å². The second-order valence-corrected chi connectivity index (χ2v) is 3.72. The van der Waals surface area contributed by atoms with Gasteiger partial charge in [-0.3, -0.25) is 4.79 Å². The van der Waals surface area contributed by atoms with Gasteiger partial charge in [0.1, 0.15) is 0 Å². The number of hydrogen-bond acceptors (Lipinski definition) is 1. The van der Waals surface area contributed by atoms with Gasteiger partial charge in [-0.2, -0.15) is 0 Å². The van der Waals surface area contributed by atoms with E-state index >= 15 is 0 Å². The second-order valence-electron chi connectivity index (χ2n) is 3.72. The number of pyridine rings is 1. The summed E-state index contributed by atoms with van der Waals surface area (Å²) in [7, 11) is 0. The summed E-state index contributed by atoms with van der Waals surface area (Å²) < 4.78 is 26.6. The minimum atomic E-state index is -2.75. The lowest BCUT2D eigenvalue weighted by Crippen LogP contribution is -2.34. The van der Waals surface area contributed by atoms with Crippen LogP contribution < -0.4 is 5.43 Å². The Hall–Kier alpha value is -1.19. The van der Waals surface area contributed by atoms with E-state index in [4.69, 9.17) is 0 Å². The van der Waals surface area contributed by atoms with E-state index in [1.54, 1.807) is 0 Å². The molecule has 2 rings (SSSR count). The topological polar surface area (TPSA) is 32.9 Å². The quantitative estimate of drug-likeness (QED) is 0.681. The van der Waals surface area contributed by atoms with Crippen LogP contribution in [0.3, 0.4) is 0 Å². The molecule has 0 spiro atoms. The molecule has 0 aliphatic heterocycles. The highest BCUT2D eigenvalue weighted by Crippen LogP contribution is 2.40. The van der Waals surface area contributed by atoms with E-state index in [1.807, 2.05) is 0 Å². The minimum Gasteiger partial charge on any atom is -0.365 e. The van der Waals surface area contributed by atoms with E-state index in [2.05, 4.69) is 4.98 Å². The van der Waals surface area contributed by atoms with E-state index < -0.39 is 11.8 Å². The summed E-state index contributed by atoms with van der Waals surface area (Å²) in [6.07, 6.45) is 1.58. The molecule has 0 saturated carbocycles. The Morgan fingerprint density at radius 2 is 2.29 bits per heavy atom. The summed E-state index contributed by atoms with van der Waals surface area (Å²) in [5, 5.41) is 0. The Morgan fingerprint density at radius 3 is 3.00 bits per heavy atom. The highest BCUT2D eigenvalue weighted by molar-refractivity contribution is 5.29. The number of halogens is 2. The number of nitrogens with one attached hydrogen (secondary N) is 1. The van der Waals surface area contributed by atoms with Crippen molar-refractivity contribution in [1.82, 2.24) is 4.98 Å². The maximum atomic E-state index is 13.3. The molecular formula is C10H11F2NO. The highest BCUT2D eigenvalue weighted by atomic mass is 19.3. The van der Waals surface area contributed by atoms with E-state index in [1.165, 1.54) is 19.2 Å². The van der Waals surface area contributed by atoms with Crippen molar-refractivity contribution < 1.29 is 8.78 Å². The van der Waals surface area contributed by atoms with Crippen LogP contribution in [-0.4, -0.2) is 10.9 Å². The van der Waals surface area contributed by atoms with Crippen molar-refractivity contribution >= 4 is 0 Å². The van der Waals surface area contributed by atoms with E-state index in [-0.39, 0.29) is 23.8 Å². The Bertz CT molecular complexity index is 411. The number of fused-ring (bicyclic) bond motifs is 1. The number of aromatic amines is 1. The van der Waals surface area contributed by atoms with Gasteiger partial charge in [-0.15, -0.1) is 0 Å². The van der Waals surface area contributed by atoms with Gasteiger partial charge in [0.15, 0.2) is 5.43 Å². The number of alkyl halides is 2. The standard InChI is InChI=1S/C10H11F2NO/c1-6-9-7(2-4-10(6,11)12)13-5-3-8(9)14/h3,5-6H,2,4H2,1H3,(H,13,14). The molecule has 1 aromatic rings. The van der Waals surface area contributed by atoms with Crippen LogP contribution >= 0.6 is 0 Å². The van der Waals surface area contributed by atoms with Gasteiger partial charge in [-0.1, -0.05) is 6.92 Å². The molecule has 0 aromatic carbocycles. The molecule has 0 bridgehead atoms. The average Bonchev–Trinajstić information content (AvgIpc) is 2.12. The molecule has 0 amide bonds. The molecule has 4 heteroatoms. The zero-order valence-corrected chi connectivity index (χ0v) is 7.81. The van der Waals surface area contributed by atoms with Gasteiger partial charge in [0, 0.05) is 29.9 Å². The van der Waals surface area contributed by atoms with Crippen LogP contribution in [-0.2, 0) is 6.42 Å². The van der Waals surface area contributed by atoms with Crippen LogP contribution in [0.4, 0.5) is 8.78 Å². The Balaban J connectivity index is 2.60. The smallest absolute Gasteiger partial charge is 0.255 e. The zero-order valence-electron chi connectivity index (χ0n) is 7.81. The molecule has 1 unspecified atom stereocenters. The predicted octanol–water partition coefficient (Wildman–Crippen LogP) is 2.06. The minimum absolute atomic E-state index is 0.179. The summed E-state index contributed by atoms with van der Waals surface area (Å²) in [4.78, 5) is 14.3. The molecule has 1 aliphatic carbocycles. The van der Waals surface area contributed by atoms with Gasteiger partial charge in [0.2, 0.25) is 0 Å². The fourth-order valence-corrected chi connectivity index (χ4v) is 1.94. The third-order valence-corrected chi connectivity index (χ3v) is 2.86. The summed E-state index contributed by atoms with van der Waals surface area (Å²) in [5.74, 6) is -3.72. The Morgan fingerprint density at radius 1 is 1.57 bits per heavy atom. The number of H-pyrrole nitrogens is 1. The maximum absolute atomic E-state index is 13.3. The first kappa shape index (κ1) is 9.37. The van der Waals surface area contributed by atoms with Crippen molar-refractivity contribution in [2.45, 2.75) is 31.6 Å². The summed E-state index contributed by atoms with van der Waals surface area (Å²) in [5.41, 5.74) is 0.630. The van der Waals surface area contributed by atoms with Crippen molar-refractivity contribution in [3.63, 3.8) is 0 Å². The van der Waals surface area contributed by atoms with Gasteiger partial charge < -0.3 is 4.98 Å². The van der Waals surface area contributed by atoms with Crippen LogP contribution in [0.1, 0.15) is 30.5 Å². The Labute approximate surface area is 80.0 Å². The first-order chi connectivity index (χ1) is 6.52. The summed E-state index contributed by atoms with van der Waals surface area (Å²) in [6.45, 7) is 1.41. The van der Waals surface area contributed by atoms with Crippen LogP contribution in [0, 0.1) is 0 Å². The SMILES string of the molecule is CC1c2c([nH]ccc2=O)CCC1(F)F. The second kappa shape index (κ2) is 2.90. The van der Waals surface area contributed by atoms with Crippen molar-refractivity contribution in [3.8, 4) is 0 Å². The largest absolute Gasteiger partial charge is 0.365 e. The van der Waals surface area contributed by atoms with Gasteiger partial charge >= 0.3 is 0 Å². The van der Waals surface area contributed by atoms with Crippen LogP contribution in [0.15, 0.2) is 17.1 Å². The molecule has 76 valence electrons. The fourth-order valence-electron chi connectivity index (χ4n) is 1.94. The number of aromatic nitrogens is 1. The molecule has 1 aliphatic rings.